The van der Waals surface area contributed by atoms with Gasteiger partial charge >= 0.3 is 0 Å². The van der Waals surface area contributed by atoms with Crippen molar-refractivity contribution in [1.29, 1.82) is 0 Å². The summed E-state index contributed by atoms with van der Waals surface area (Å²) in [6.45, 7) is 1.98. The van der Waals surface area contributed by atoms with Crippen molar-refractivity contribution in [2.75, 3.05) is 0 Å². The molecule has 0 radical (unpaired) electrons. The van der Waals surface area contributed by atoms with Gasteiger partial charge in [0.15, 0.2) is 0 Å². The maximum absolute atomic E-state index is 5.91. The molecule has 2 rings (SSSR count). The molecule has 0 aliphatic carbocycles. The molecule has 0 bridgehead atoms. The fourth-order valence-electron chi connectivity index (χ4n) is 1.31. The Bertz CT molecular complexity index is 437. The van der Waals surface area contributed by atoms with Crippen LogP contribution in [0.1, 0.15) is 5.56 Å². The van der Waals surface area contributed by atoms with Crippen LogP contribution in [0.25, 0.3) is 11.3 Å². The molecule has 70 valence electrons. The molecule has 0 spiro atoms. The third kappa shape index (κ3) is 1.78. The van der Waals surface area contributed by atoms with E-state index in [2.05, 4.69) is 4.98 Å². The zero-order valence-electron chi connectivity index (χ0n) is 7.87. The number of halogens is 1. The van der Waals surface area contributed by atoms with E-state index < -0.39 is 0 Å². The van der Waals surface area contributed by atoms with Crippen molar-refractivity contribution < 1.29 is 0 Å². The Labute approximate surface area is 88.4 Å². The van der Waals surface area contributed by atoms with Crippen molar-refractivity contribution >= 4 is 11.6 Å². The molecule has 0 saturated carbocycles. The van der Waals surface area contributed by atoms with Crippen molar-refractivity contribution in [3.8, 4) is 11.3 Å². The van der Waals surface area contributed by atoms with Crippen LogP contribution in [0.5, 0.6) is 0 Å². The van der Waals surface area contributed by atoms with E-state index in [4.69, 9.17) is 11.6 Å². The third-order valence-electron chi connectivity index (χ3n) is 2.12. The van der Waals surface area contributed by atoms with E-state index in [-0.39, 0.29) is 0 Å². The van der Waals surface area contributed by atoms with Crippen LogP contribution < -0.4 is 0 Å². The van der Waals surface area contributed by atoms with Crippen LogP contribution in [0, 0.1) is 6.92 Å². The summed E-state index contributed by atoms with van der Waals surface area (Å²) in [6, 6.07) is 12.1. The highest BCUT2D eigenvalue weighted by Gasteiger charge is 2.00. The van der Waals surface area contributed by atoms with Gasteiger partial charge in [-0.3, -0.25) is 4.98 Å². The van der Waals surface area contributed by atoms with Crippen LogP contribution in [0.2, 0.25) is 5.02 Å². The summed E-state index contributed by atoms with van der Waals surface area (Å²) >= 11 is 5.91. The molecule has 14 heavy (non-hydrogen) atoms. The van der Waals surface area contributed by atoms with E-state index >= 15 is 0 Å². The van der Waals surface area contributed by atoms with Gasteiger partial charge in [0.1, 0.15) is 0 Å². The molecule has 0 fully saturated rings. The SMILES string of the molecule is Cc1cc(-c2ccccc2)ncc1Cl. The van der Waals surface area contributed by atoms with Crippen molar-refractivity contribution in [3.63, 3.8) is 0 Å². The Kier molecular flexibility index (Phi) is 2.51. The van der Waals surface area contributed by atoms with E-state index in [1.54, 1.807) is 6.20 Å². The number of aryl methyl sites for hydroxylation is 1. The number of benzene rings is 1. The molecule has 1 heterocycles. The van der Waals surface area contributed by atoms with E-state index in [1.165, 1.54) is 0 Å². The molecule has 1 nitrogen and oxygen atoms in total. The van der Waals surface area contributed by atoms with Gasteiger partial charge in [-0.05, 0) is 18.6 Å². The molecule has 1 aromatic carbocycles. The molecule has 0 aliphatic heterocycles. The highest BCUT2D eigenvalue weighted by molar-refractivity contribution is 6.31. The summed E-state index contributed by atoms with van der Waals surface area (Å²) in [5, 5.41) is 0.713. The first-order valence-corrected chi connectivity index (χ1v) is 4.83. The first-order chi connectivity index (χ1) is 6.77. The van der Waals surface area contributed by atoms with Crippen LogP contribution in [0.3, 0.4) is 0 Å². The Balaban J connectivity index is 2.48. The second kappa shape index (κ2) is 3.81. The quantitative estimate of drug-likeness (QED) is 0.689. The molecule has 0 N–H and O–H groups in total. The van der Waals surface area contributed by atoms with Gasteiger partial charge in [-0.1, -0.05) is 41.9 Å². The average Bonchev–Trinajstić information content (AvgIpc) is 2.23. The minimum atomic E-state index is 0.713. The Morgan fingerprint density at radius 2 is 1.86 bits per heavy atom. The van der Waals surface area contributed by atoms with E-state index in [9.17, 15) is 0 Å². The van der Waals surface area contributed by atoms with Gasteiger partial charge in [-0.25, -0.2) is 0 Å². The van der Waals surface area contributed by atoms with Gasteiger partial charge in [0.2, 0.25) is 0 Å². The fourth-order valence-corrected chi connectivity index (χ4v) is 1.41. The fraction of sp³-hybridized carbons (Fsp3) is 0.0833. The number of pyridine rings is 1. The van der Waals surface area contributed by atoms with Gasteiger partial charge in [0.25, 0.3) is 0 Å². The molecule has 1 aromatic heterocycles. The van der Waals surface area contributed by atoms with Crippen molar-refractivity contribution in [1.82, 2.24) is 4.98 Å². The lowest BCUT2D eigenvalue weighted by Gasteiger charge is -2.02. The van der Waals surface area contributed by atoms with Gasteiger partial charge < -0.3 is 0 Å². The monoisotopic (exact) mass is 203 g/mol. The average molecular weight is 204 g/mol. The zero-order valence-corrected chi connectivity index (χ0v) is 8.62. The van der Waals surface area contributed by atoms with Crippen LogP contribution in [0.15, 0.2) is 42.6 Å². The van der Waals surface area contributed by atoms with Gasteiger partial charge in [-0.15, -0.1) is 0 Å². The van der Waals surface area contributed by atoms with E-state index in [0.29, 0.717) is 5.02 Å². The maximum atomic E-state index is 5.91. The normalized spacial score (nSPS) is 10.1. The second-order valence-corrected chi connectivity index (χ2v) is 3.59. The number of nitrogens with zero attached hydrogens (tertiary/aromatic N) is 1. The van der Waals surface area contributed by atoms with Crippen LogP contribution in [0.4, 0.5) is 0 Å². The number of hydrogen-bond donors (Lipinski definition) is 0. The van der Waals surface area contributed by atoms with Crippen molar-refractivity contribution in [3.05, 3.63) is 53.2 Å². The Morgan fingerprint density at radius 1 is 1.14 bits per heavy atom. The predicted molar refractivity (Wildman–Crippen MR) is 59.4 cm³/mol. The molecule has 0 unspecified atom stereocenters. The minimum Gasteiger partial charge on any atom is -0.255 e. The molecule has 0 aliphatic rings. The first kappa shape index (κ1) is 9.22. The maximum Gasteiger partial charge on any atom is 0.0705 e. The largest absolute Gasteiger partial charge is 0.255 e. The number of rotatable bonds is 1. The summed E-state index contributed by atoms with van der Waals surface area (Å²) in [6.07, 6.45) is 1.69. The van der Waals surface area contributed by atoms with Crippen LogP contribution in [-0.4, -0.2) is 4.98 Å². The standard InChI is InChI=1S/C12H10ClN/c1-9-7-12(14-8-11(9)13)10-5-3-2-4-6-10/h2-8H,1H3. The molecule has 0 atom stereocenters. The highest BCUT2D eigenvalue weighted by atomic mass is 35.5. The van der Waals surface area contributed by atoms with E-state index in [1.807, 2.05) is 43.3 Å². The summed E-state index contributed by atoms with van der Waals surface area (Å²) < 4.78 is 0. The van der Waals surface area contributed by atoms with Gasteiger partial charge in [0.05, 0.1) is 10.7 Å². The number of aromatic nitrogens is 1. The molecule has 0 saturated heterocycles. The summed E-state index contributed by atoms with van der Waals surface area (Å²) in [7, 11) is 0. The minimum absolute atomic E-state index is 0.713. The topological polar surface area (TPSA) is 12.9 Å². The summed E-state index contributed by atoms with van der Waals surface area (Å²) in [5.74, 6) is 0. The predicted octanol–water partition coefficient (Wildman–Crippen LogP) is 3.71. The molecular weight excluding hydrogens is 194 g/mol. The lowest BCUT2D eigenvalue weighted by molar-refractivity contribution is 1.29. The van der Waals surface area contributed by atoms with Gasteiger partial charge in [-0.2, -0.15) is 0 Å². The molecule has 0 amide bonds. The van der Waals surface area contributed by atoms with Crippen LogP contribution >= 0.6 is 11.6 Å². The lowest BCUT2D eigenvalue weighted by atomic mass is 10.1. The third-order valence-corrected chi connectivity index (χ3v) is 2.51. The van der Waals surface area contributed by atoms with Gasteiger partial charge in [0, 0.05) is 11.8 Å². The zero-order chi connectivity index (χ0) is 9.97. The van der Waals surface area contributed by atoms with Crippen LogP contribution in [-0.2, 0) is 0 Å². The molecular formula is C12H10ClN. The smallest absolute Gasteiger partial charge is 0.0705 e. The van der Waals surface area contributed by atoms with E-state index in [0.717, 1.165) is 16.8 Å². The highest BCUT2D eigenvalue weighted by Crippen LogP contribution is 2.21. The second-order valence-electron chi connectivity index (χ2n) is 3.18. The van der Waals surface area contributed by atoms with Crippen molar-refractivity contribution in [2.45, 2.75) is 6.92 Å². The molecule has 2 aromatic rings. The summed E-state index contributed by atoms with van der Waals surface area (Å²) in [5.41, 5.74) is 3.14. The summed E-state index contributed by atoms with van der Waals surface area (Å²) in [4.78, 5) is 4.28. The Morgan fingerprint density at radius 3 is 2.50 bits per heavy atom. The number of hydrogen-bond acceptors (Lipinski definition) is 1. The first-order valence-electron chi connectivity index (χ1n) is 4.45. The molecule has 2 heteroatoms. The van der Waals surface area contributed by atoms with Crippen molar-refractivity contribution in [2.24, 2.45) is 0 Å². The Hall–Kier alpha value is -1.34. The lowest BCUT2D eigenvalue weighted by Crippen LogP contribution is -1.85.